The number of hydrazone groups is 1. The Balaban J connectivity index is 2.24. The standard InChI is InChI=1S/C15H14N6O5/c1-19-14(24)12(22)9(7-17-19)11-13(23)21(15(25)20(2)18-11)8-4-5-16-10(6-8)26-3/h4-7,9H,1-3H3. The monoisotopic (exact) mass is 358 g/mol. The molecular formula is C15H14N6O5. The van der Waals surface area contributed by atoms with Gasteiger partial charge in [-0.1, -0.05) is 0 Å². The topological polar surface area (TPSA) is 129 Å². The normalized spacial score (nSPS) is 16.9. The summed E-state index contributed by atoms with van der Waals surface area (Å²) in [6.45, 7) is 0. The number of rotatable bonds is 3. The van der Waals surface area contributed by atoms with Crippen molar-refractivity contribution in [1.29, 1.82) is 0 Å². The van der Waals surface area contributed by atoms with Crippen LogP contribution < -0.4 is 16.0 Å². The number of ether oxygens (including phenoxy) is 1. The Hall–Kier alpha value is -3.63. The minimum Gasteiger partial charge on any atom is -0.481 e. The molecule has 11 heteroatoms. The van der Waals surface area contributed by atoms with Crippen LogP contribution in [0.15, 0.2) is 33.0 Å². The fourth-order valence-electron chi connectivity index (χ4n) is 2.44. The lowest BCUT2D eigenvalue weighted by molar-refractivity contribution is -0.144. The van der Waals surface area contributed by atoms with Crippen LogP contribution in [-0.2, 0) is 16.6 Å². The van der Waals surface area contributed by atoms with E-state index in [4.69, 9.17) is 4.74 Å². The second-order valence-corrected chi connectivity index (χ2v) is 5.42. The number of amides is 1. The molecular weight excluding hydrogens is 344 g/mol. The molecule has 0 saturated carbocycles. The predicted octanol–water partition coefficient (Wildman–Crippen LogP) is -1.55. The van der Waals surface area contributed by atoms with Crippen molar-refractivity contribution in [3.8, 4) is 11.6 Å². The van der Waals surface area contributed by atoms with Gasteiger partial charge >= 0.3 is 11.6 Å². The van der Waals surface area contributed by atoms with Gasteiger partial charge < -0.3 is 4.74 Å². The molecule has 1 amide bonds. The average molecular weight is 358 g/mol. The average Bonchev–Trinajstić information content (AvgIpc) is 2.64. The highest BCUT2D eigenvalue weighted by molar-refractivity contribution is 6.42. The molecule has 0 bridgehead atoms. The summed E-state index contributed by atoms with van der Waals surface area (Å²) in [6, 6.07) is 2.83. The summed E-state index contributed by atoms with van der Waals surface area (Å²) in [5.74, 6) is -2.80. The van der Waals surface area contributed by atoms with Crippen LogP contribution in [0.25, 0.3) is 5.69 Å². The number of ketones is 1. The molecule has 0 radical (unpaired) electrons. The maximum Gasteiger partial charge on any atom is 0.351 e. The van der Waals surface area contributed by atoms with Crippen LogP contribution >= 0.6 is 0 Å². The second-order valence-electron chi connectivity index (χ2n) is 5.42. The number of carbonyl (C=O) groups excluding carboxylic acids is 2. The summed E-state index contributed by atoms with van der Waals surface area (Å²) in [4.78, 5) is 53.3. The van der Waals surface area contributed by atoms with E-state index >= 15 is 0 Å². The summed E-state index contributed by atoms with van der Waals surface area (Å²) < 4.78 is 6.74. The van der Waals surface area contributed by atoms with Gasteiger partial charge in [0.15, 0.2) is 0 Å². The Bertz CT molecular complexity index is 1050. The first-order valence-electron chi connectivity index (χ1n) is 7.41. The number of likely N-dealkylation sites (N-methyl/N-ethyl adjacent to an activating group) is 1. The van der Waals surface area contributed by atoms with E-state index in [-0.39, 0.29) is 17.3 Å². The van der Waals surface area contributed by atoms with Crippen LogP contribution in [-0.4, -0.2) is 56.4 Å². The van der Waals surface area contributed by atoms with Gasteiger partial charge in [-0.25, -0.2) is 24.0 Å². The quantitative estimate of drug-likeness (QED) is 0.607. The van der Waals surface area contributed by atoms with Gasteiger partial charge in [0.25, 0.3) is 5.56 Å². The molecule has 1 aliphatic heterocycles. The highest BCUT2D eigenvalue weighted by atomic mass is 16.5. The number of Topliss-reactive ketones (excluding diaryl/α,β-unsaturated/α-hetero) is 1. The third kappa shape index (κ3) is 2.68. The Labute approximate surface area is 146 Å². The predicted molar refractivity (Wildman–Crippen MR) is 88.4 cm³/mol. The van der Waals surface area contributed by atoms with E-state index < -0.39 is 28.9 Å². The molecule has 0 spiro atoms. The largest absolute Gasteiger partial charge is 0.481 e. The molecule has 0 N–H and O–H groups in total. The molecule has 0 aliphatic carbocycles. The third-order valence-electron chi connectivity index (χ3n) is 3.80. The van der Waals surface area contributed by atoms with Crippen molar-refractivity contribution < 1.29 is 14.3 Å². The minimum atomic E-state index is -1.27. The molecule has 1 atom stereocenters. The molecule has 1 unspecified atom stereocenters. The summed E-state index contributed by atoms with van der Waals surface area (Å²) >= 11 is 0. The van der Waals surface area contributed by atoms with E-state index in [1.807, 2.05) is 0 Å². The summed E-state index contributed by atoms with van der Waals surface area (Å²) in [5, 5.41) is 8.52. The smallest absolute Gasteiger partial charge is 0.351 e. The lowest BCUT2D eigenvalue weighted by Crippen LogP contribution is -2.46. The zero-order valence-corrected chi connectivity index (χ0v) is 14.1. The summed E-state index contributed by atoms with van der Waals surface area (Å²) in [6.07, 6.45) is 2.52. The van der Waals surface area contributed by atoms with Crippen molar-refractivity contribution in [2.75, 3.05) is 14.2 Å². The molecule has 2 aromatic heterocycles. The maximum absolute atomic E-state index is 12.9. The second kappa shape index (κ2) is 6.35. The first kappa shape index (κ1) is 17.2. The SMILES string of the molecule is COc1cc(-n2c(=O)c(C3C=NN(C)C(=O)C3=O)nn(C)c2=O)ccn1. The Morgan fingerprint density at radius 3 is 2.58 bits per heavy atom. The molecule has 0 saturated heterocycles. The molecule has 0 aromatic carbocycles. The van der Waals surface area contributed by atoms with Crippen LogP contribution in [0.5, 0.6) is 5.88 Å². The van der Waals surface area contributed by atoms with Gasteiger partial charge in [0.2, 0.25) is 11.7 Å². The fourth-order valence-corrected chi connectivity index (χ4v) is 2.44. The number of aromatic nitrogens is 4. The van der Waals surface area contributed by atoms with E-state index in [9.17, 15) is 19.2 Å². The number of hydrogen-bond acceptors (Lipinski definition) is 8. The van der Waals surface area contributed by atoms with Gasteiger partial charge in [0.1, 0.15) is 11.6 Å². The fraction of sp³-hybridized carbons (Fsp3) is 0.267. The van der Waals surface area contributed by atoms with Crippen LogP contribution in [0.4, 0.5) is 0 Å². The lowest BCUT2D eigenvalue weighted by atomic mass is 10.00. The Morgan fingerprint density at radius 2 is 1.88 bits per heavy atom. The number of nitrogens with zero attached hydrogens (tertiary/aromatic N) is 6. The lowest BCUT2D eigenvalue weighted by Gasteiger charge is -2.20. The van der Waals surface area contributed by atoms with Crippen molar-refractivity contribution in [3.05, 3.63) is 44.9 Å². The highest BCUT2D eigenvalue weighted by Gasteiger charge is 2.35. The van der Waals surface area contributed by atoms with Gasteiger partial charge in [-0.2, -0.15) is 10.2 Å². The van der Waals surface area contributed by atoms with Crippen molar-refractivity contribution in [2.24, 2.45) is 12.1 Å². The first-order chi connectivity index (χ1) is 12.3. The molecule has 1 aliphatic rings. The molecule has 3 rings (SSSR count). The first-order valence-corrected chi connectivity index (χ1v) is 7.41. The number of methoxy groups -OCH3 is 1. The van der Waals surface area contributed by atoms with E-state index in [0.717, 1.165) is 20.5 Å². The van der Waals surface area contributed by atoms with Crippen LogP contribution in [0, 0.1) is 0 Å². The molecule has 26 heavy (non-hydrogen) atoms. The van der Waals surface area contributed by atoms with E-state index in [0.29, 0.717) is 0 Å². The Morgan fingerprint density at radius 1 is 1.15 bits per heavy atom. The van der Waals surface area contributed by atoms with Crippen molar-refractivity contribution >= 4 is 17.9 Å². The molecule has 2 aromatic rings. The van der Waals surface area contributed by atoms with Gasteiger partial charge in [-0.15, -0.1) is 0 Å². The summed E-state index contributed by atoms with van der Waals surface area (Å²) in [5.41, 5.74) is -1.65. The van der Waals surface area contributed by atoms with Crippen LogP contribution in [0.1, 0.15) is 11.6 Å². The Kier molecular flexibility index (Phi) is 4.20. The van der Waals surface area contributed by atoms with Gasteiger partial charge in [0.05, 0.1) is 12.8 Å². The third-order valence-corrected chi connectivity index (χ3v) is 3.80. The van der Waals surface area contributed by atoms with Crippen molar-refractivity contribution in [3.63, 3.8) is 0 Å². The van der Waals surface area contributed by atoms with Gasteiger partial charge in [-0.3, -0.25) is 14.4 Å². The van der Waals surface area contributed by atoms with Crippen LogP contribution in [0.2, 0.25) is 0 Å². The molecule has 11 nitrogen and oxygen atoms in total. The maximum atomic E-state index is 12.9. The summed E-state index contributed by atoms with van der Waals surface area (Å²) in [7, 11) is 4.05. The number of hydrogen-bond donors (Lipinski definition) is 0. The number of aryl methyl sites for hydroxylation is 1. The van der Waals surface area contributed by atoms with E-state index in [1.165, 1.54) is 39.5 Å². The number of carbonyl (C=O) groups is 2. The molecule has 3 heterocycles. The minimum absolute atomic E-state index is 0.190. The molecule has 134 valence electrons. The van der Waals surface area contributed by atoms with Crippen molar-refractivity contribution in [2.45, 2.75) is 5.92 Å². The van der Waals surface area contributed by atoms with E-state index in [1.54, 1.807) is 0 Å². The van der Waals surface area contributed by atoms with Gasteiger partial charge in [0, 0.05) is 32.6 Å². The van der Waals surface area contributed by atoms with Crippen LogP contribution in [0.3, 0.4) is 0 Å². The molecule has 0 fully saturated rings. The zero-order valence-electron chi connectivity index (χ0n) is 14.1. The van der Waals surface area contributed by atoms with Gasteiger partial charge in [-0.05, 0) is 6.07 Å². The zero-order chi connectivity index (χ0) is 19.0. The number of pyridine rings is 1. The highest BCUT2D eigenvalue weighted by Crippen LogP contribution is 2.15. The van der Waals surface area contributed by atoms with E-state index in [2.05, 4.69) is 15.2 Å². The van der Waals surface area contributed by atoms with Crippen molar-refractivity contribution in [1.82, 2.24) is 24.3 Å².